The van der Waals surface area contributed by atoms with Crippen molar-refractivity contribution in [3.05, 3.63) is 0 Å². The van der Waals surface area contributed by atoms with Gasteiger partial charge in [0.2, 0.25) is 0 Å². The van der Waals surface area contributed by atoms with Crippen molar-refractivity contribution in [3.63, 3.8) is 0 Å². The molecule has 1 rings (SSSR count). The van der Waals surface area contributed by atoms with Crippen LogP contribution in [0.3, 0.4) is 0 Å². The highest BCUT2D eigenvalue weighted by Gasteiger charge is 2.37. The van der Waals surface area contributed by atoms with Crippen LogP contribution in [0.15, 0.2) is 0 Å². The van der Waals surface area contributed by atoms with Gasteiger partial charge in [-0.05, 0) is 33.6 Å². The number of hydrogen-bond donors (Lipinski definition) is 0. The Bertz CT molecular complexity index is 163. The van der Waals surface area contributed by atoms with Crippen LogP contribution in [0, 0.1) is 5.41 Å². The molecule has 2 heteroatoms. The Morgan fingerprint density at radius 1 is 1.42 bits per heavy atom. The number of carbonyl (C=O) groups is 1. The van der Waals surface area contributed by atoms with Gasteiger partial charge in [0.25, 0.3) is 0 Å². The average molecular weight is 170 g/mol. The summed E-state index contributed by atoms with van der Waals surface area (Å²) in [5.74, 6) is 0. The van der Waals surface area contributed by atoms with E-state index in [1.807, 2.05) is 20.8 Å². The molecule has 0 aromatic rings. The zero-order chi connectivity index (χ0) is 9.24. The minimum absolute atomic E-state index is 0.119. The van der Waals surface area contributed by atoms with Crippen molar-refractivity contribution in [2.24, 2.45) is 5.41 Å². The summed E-state index contributed by atoms with van der Waals surface area (Å²) in [6.07, 6.45) is 4.26. The zero-order valence-electron chi connectivity index (χ0n) is 8.22. The average Bonchev–Trinajstić information content (AvgIpc) is 1.84. The van der Waals surface area contributed by atoms with Gasteiger partial charge in [-0.2, -0.15) is 0 Å². The van der Waals surface area contributed by atoms with E-state index < -0.39 is 0 Å². The number of carbonyl (C=O) groups excluding carboxylic acids is 1. The molecule has 0 radical (unpaired) electrons. The van der Waals surface area contributed by atoms with Crippen LogP contribution >= 0.6 is 0 Å². The predicted molar refractivity (Wildman–Crippen MR) is 48.1 cm³/mol. The van der Waals surface area contributed by atoms with Gasteiger partial charge in [-0.25, -0.2) is 0 Å². The van der Waals surface area contributed by atoms with Gasteiger partial charge in [-0.15, -0.1) is 0 Å². The molecule has 0 atom stereocenters. The van der Waals surface area contributed by atoms with Crippen molar-refractivity contribution in [1.29, 1.82) is 0 Å². The predicted octanol–water partition coefficient (Wildman–Crippen LogP) is 2.17. The summed E-state index contributed by atoms with van der Waals surface area (Å²) in [5.41, 5.74) is -0.251. The lowest BCUT2D eigenvalue weighted by atomic mass is 9.70. The van der Waals surface area contributed by atoms with E-state index in [0.29, 0.717) is 6.61 Å². The van der Waals surface area contributed by atoms with Crippen molar-refractivity contribution < 1.29 is 9.53 Å². The Labute approximate surface area is 74.3 Å². The molecule has 0 saturated heterocycles. The van der Waals surface area contributed by atoms with Gasteiger partial charge in [0.1, 0.15) is 6.29 Å². The summed E-state index contributed by atoms with van der Waals surface area (Å²) in [6, 6.07) is 0. The highest BCUT2D eigenvalue weighted by Crippen LogP contribution is 2.39. The van der Waals surface area contributed by atoms with Crippen LogP contribution in [0.1, 0.15) is 40.0 Å². The van der Waals surface area contributed by atoms with E-state index in [1.165, 1.54) is 6.42 Å². The molecule has 1 aliphatic carbocycles. The summed E-state index contributed by atoms with van der Waals surface area (Å²) in [6.45, 7) is 6.65. The lowest BCUT2D eigenvalue weighted by Gasteiger charge is -2.38. The Morgan fingerprint density at radius 2 is 2.00 bits per heavy atom. The number of ether oxygens (including phenoxy) is 1. The van der Waals surface area contributed by atoms with E-state index in [1.54, 1.807) is 0 Å². The van der Waals surface area contributed by atoms with Crippen LogP contribution in [0.25, 0.3) is 0 Å². The minimum Gasteiger partial charge on any atom is -0.375 e. The molecule has 0 amide bonds. The molecule has 0 aliphatic heterocycles. The zero-order valence-corrected chi connectivity index (χ0v) is 8.22. The molecule has 0 unspecified atom stereocenters. The molecule has 70 valence electrons. The molecule has 0 N–H and O–H groups in total. The molecule has 0 bridgehead atoms. The van der Waals surface area contributed by atoms with E-state index in [4.69, 9.17) is 4.74 Å². The van der Waals surface area contributed by atoms with E-state index in [2.05, 4.69) is 0 Å². The largest absolute Gasteiger partial charge is 0.375 e. The first kappa shape index (κ1) is 9.72. The lowest BCUT2D eigenvalue weighted by molar-refractivity contribution is -0.131. The normalized spacial score (nSPS) is 21.6. The number of rotatable bonds is 3. The van der Waals surface area contributed by atoms with Crippen molar-refractivity contribution in [1.82, 2.24) is 0 Å². The second-order valence-electron chi connectivity index (χ2n) is 4.73. The fourth-order valence-electron chi connectivity index (χ4n) is 1.29. The molecular formula is C10H18O2. The van der Waals surface area contributed by atoms with Crippen LogP contribution in [-0.2, 0) is 9.53 Å². The maximum Gasteiger partial charge on any atom is 0.128 e. The SMILES string of the molecule is CC(C)(C)OCC1(C=O)CCC1. The third kappa shape index (κ3) is 2.31. The second-order valence-corrected chi connectivity index (χ2v) is 4.73. The fraction of sp³-hybridized carbons (Fsp3) is 0.900. The van der Waals surface area contributed by atoms with E-state index in [0.717, 1.165) is 19.1 Å². The van der Waals surface area contributed by atoms with Gasteiger partial charge in [0.05, 0.1) is 12.2 Å². The lowest BCUT2D eigenvalue weighted by Crippen LogP contribution is -2.38. The van der Waals surface area contributed by atoms with Crippen LogP contribution in [-0.4, -0.2) is 18.5 Å². The highest BCUT2D eigenvalue weighted by molar-refractivity contribution is 5.61. The van der Waals surface area contributed by atoms with Gasteiger partial charge in [0.15, 0.2) is 0 Å². The third-order valence-corrected chi connectivity index (χ3v) is 2.39. The van der Waals surface area contributed by atoms with Crippen LogP contribution in [0.5, 0.6) is 0 Å². The van der Waals surface area contributed by atoms with Gasteiger partial charge in [-0.3, -0.25) is 0 Å². The van der Waals surface area contributed by atoms with E-state index in [-0.39, 0.29) is 11.0 Å². The first-order chi connectivity index (χ1) is 5.47. The first-order valence-corrected chi connectivity index (χ1v) is 4.58. The van der Waals surface area contributed by atoms with Gasteiger partial charge in [0, 0.05) is 5.41 Å². The van der Waals surface area contributed by atoms with E-state index in [9.17, 15) is 4.79 Å². The van der Waals surface area contributed by atoms with Crippen molar-refractivity contribution in [2.45, 2.75) is 45.6 Å². The Balaban J connectivity index is 2.34. The number of hydrogen-bond acceptors (Lipinski definition) is 2. The van der Waals surface area contributed by atoms with Crippen LogP contribution < -0.4 is 0 Å². The maximum absolute atomic E-state index is 10.7. The molecule has 0 heterocycles. The highest BCUT2D eigenvalue weighted by atomic mass is 16.5. The first-order valence-electron chi connectivity index (χ1n) is 4.58. The maximum atomic E-state index is 10.7. The van der Waals surface area contributed by atoms with Crippen molar-refractivity contribution in [2.75, 3.05) is 6.61 Å². The monoisotopic (exact) mass is 170 g/mol. The third-order valence-electron chi connectivity index (χ3n) is 2.39. The summed E-state index contributed by atoms with van der Waals surface area (Å²) in [4.78, 5) is 10.7. The fourth-order valence-corrected chi connectivity index (χ4v) is 1.29. The quantitative estimate of drug-likeness (QED) is 0.607. The number of aldehydes is 1. The topological polar surface area (TPSA) is 26.3 Å². The summed E-state index contributed by atoms with van der Waals surface area (Å²) < 4.78 is 5.60. The smallest absolute Gasteiger partial charge is 0.128 e. The molecule has 0 spiro atoms. The van der Waals surface area contributed by atoms with Gasteiger partial charge < -0.3 is 9.53 Å². The Hall–Kier alpha value is -0.370. The Morgan fingerprint density at radius 3 is 2.25 bits per heavy atom. The molecule has 0 aromatic carbocycles. The summed E-state index contributed by atoms with van der Waals surface area (Å²) >= 11 is 0. The van der Waals surface area contributed by atoms with Crippen LogP contribution in [0.4, 0.5) is 0 Å². The van der Waals surface area contributed by atoms with Gasteiger partial charge >= 0.3 is 0 Å². The van der Waals surface area contributed by atoms with Crippen LogP contribution in [0.2, 0.25) is 0 Å². The molecule has 12 heavy (non-hydrogen) atoms. The van der Waals surface area contributed by atoms with Crippen molar-refractivity contribution in [3.8, 4) is 0 Å². The summed E-state index contributed by atoms with van der Waals surface area (Å²) in [7, 11) is 0. The molecule has 1 saturated carbocycles. The molecule has 2 nitrogen and oxygen atoms in total. The Kier molecular flexibility index (Phi) is 2.57. The molecule has 0 aromatic heterocycles. The second kappa shape index (κ2) is 3.17. The van der Waals surface area contributed by atoms with E-state index >= 15 is 0 Å². The molecular weight excluding hydrogens is 152 g/mol. The van der Waals surface area contributed by atoms with Crippen molar-refractivity contribution >= 4 is 6.29 Å². The van der Waals surface area contributed by atoms with Gasteiger partial charge in [-0.1, -0.05) is 6.42 Å². The minimum atomic E-state index is -0.132. The molecule has 1 fully saturated rings. The standard InChI is InChI=1S/C10H18O2/c1-9(2,3)12-8-10(7-11)5-4-6-10/h7H,4-6,8H2,1-3H3. The summed E-state index contributed by atoms with van der Waals surface area (Å²) in [5, 5.41) is 0. The molecule has 1 aliphatic rings.